The molecule has 1 aliphatic heterocycles. The van der Waals surface area contributed by atoms with Crippen molar-refractivity contribution in [3.8, 4) is 0 Å². The van der Waals surface area contributed by atoms with Crippen molar-refractivity contribution in [2.75, 3.05) is 11.4 Å². The fourth-order valence-electron chi connectivity index (χ4n) is 2.72. The molecule has 7 heteroatoms. The number of amides is 2. The summed E-state index contributed by atoms with van der Waals surface area (Å²) in [7, 11) is 0. The summed E-state index contributed by atoms with van der Waals surface area (Å²) in [6.45, 7) is 1.26. The summed E-state index contributed by atoms with van der Waals surface area (Å²) < 4.78 is 39.7. The van der Waals surface area contributed by atoms with Gasteiger partial charge in [0.25, 0.3) is 5.91 Å². The first kappa shape index (κ1) is 13.9. The van der Waals surface area contributed by atoms with E-state index in [-0.39, 0.29) is 18.2 Å². The average molecular weight is 298 g/mol. The van der Waals surface area contributed by atoms with Gasteiger partial charge in [0.15, 0.2) is 17.5 Å². The highest BCUT2D eigenvalue weighted by Crippen LogP contribution is 2.42. The van der Waals surface area contributed by atoms with Crippen LogP contribution in [-0.4, -0.2) is 23.9 Å². The Labute approximate surface area is 118 Å². The van der Waals surface area contributed by atoms with Crippen LogP contribution in [0.15, 0.2) is 12.1 Å². The van der Waals surface area contributed by atoms with E-state index in [4.69, 9.17) is 0 Å². The van der Waals surface area contributed by atoms with Crippen molar-refractivity contribution >= 4 is 17.5 Å². The van der Waals surface area contributed by atoms with Crippen molar-refractivity contribution in [2.24, 2.45) is 5.92 Å². The lowest BCUT2D eigenvalue weighted by atomic mass is 9.91. The van der Waals surface area contributed by atoms with Crippen molar-refractivity contribution in [3.05, 3.63) is 29.6 Å². The number of carbonyl (C=O) groups excluding carboxylic acids is 2. The quantitative estimate of drug-likeness (QED) is 0.846. The van der Waals surface area contributed by atoms with E-state index in [9.17, 15) is 22.8 Å². The molecule has 4 nitrogen and oxygen atoms in total. The molecule has 0 radical (unpaired) electrons. The van der Waals surface area contributed by atoms with E-state index in [1.165, 1.54) is 0 Å². The second-order valence-corrected chi connectivity index (χ2v) is 5.64. The van der Waals surface area contributed by atoms with Gasteiger partial charge in [-0.25, -0.2) is 13.2 Å². The number of carbonyl (C=O) groups is 2. The minimum absolute atomic E-state index is 0.0203. The highest BCUT2D eigenvalue weighted by atomic mass is 19.2. The molecule has 1 atom stereocenters. The SMILES string of the molecule is CC1(C2CC2)NC(=O)CN(c2cc(F)c(F)c(F)c2)C1=O. The molecule has 1 saturated heterocycles. The van der Waals surface area contributed by atoms with Crippen molar-refractivity contribution in [3.63, 3.8) is 0 Å². The molecule has 0 spiro atoms. The Morgan fingerprint density at radius 1 is 1.19 bits per heavy atom. The first-order valence-corrected chi connectivity index (χ1v) is 6.60. The second-order valence-electron chi connectivity index (χ2n) is 5.64. The van der Waals surface area contributed by atoms with Gasteiger partial charge in [-0.15, -0.1) is 0 Å². The molecule has 1 aromatic carbocycles. The summed E-state index contributed by atoms with van der Waals surface area (Å²) in [5.41, 5.74) is -1.23. The molecule has 1 aliphatic carbocycles. The van der Waals surface area contributed by atoms with Gasteiger partial charge >= 0.3 is 0 Å². The average Bonchev–Trinajstić information content (AvgIpc) is 3.24. The number of piperazine rings is 1. The van der Waals surface area contributed by atoms with Crippen LogP contribution in [0, 0.1) is 23.4 Å². The number of hydrogen-bond acceptors (Lipinski definition) is 2. The fraction of sp³-hybridized carbons (Fsp3) is 0.429. The molecule has 0 bridgehead atoms. The van der Waals surface area contributed by atoms with E-state index in [0.29, 0.717) is 0 Å². The maximum Gasteiger partial charge on any atom is 0.253 e. The van der Waals surface area contributed by atoms with Crippen LogP contribution in [0.1, 0.15) is 19.8 Å². The van der Waals surface area contributed by atoms with Gasteiger partial charge in [-0.2, -0.15) is 0 Å². The van der Waals surface area contributed by atoms with E-state index in [0.717, 1.165) is 29.9 Å². The Hall–Kier alpha value is -2.05. The van der Waals surface area contributed by atoms with Gasteiger partial charge < -0.3 is 10.2 Å². The molecule has 3 rings (SSSR count). The number of nitrogens with zero attached hydrogens (tertiary/aromatic N) is 1. The molecule has 1 unspecified atom stereocenters. The standard InChI is InChI=1S/C14H13F3N2O2/c1-14(7-2-3-7)13(21)19(6-11(20)18-14)8-4-9(15)12(17)10(16)5-8/h4-5,7H,2-3,6H2,1H3,(H,18,20). The van der Waals surface area contributed by atoms with Crippen LogP contribution in [0.3, 0.4) is 0 Å². The zero-order valence-electron chi connectivity index (χ0n) is 11.3. The van der Waals surface area contributed by atoms with Gasteiger partial charge in [-0.05, 0) is 25.7 Å². The molecule has 2 aliphatic rings. The summed E-state index contributed by atoms with van der Waals surface area (Å²) in [6.07, 6.45) is 1.62. The maximum absolute atomic E-state index is 13.3. The Balaban J connectivity index is 2.01. The molecule has 2 fully saturated rings. The number of halogens is 3. The van der Waals surface area contributed by atoms with Gasteiger partial charge in [0, 0.05) is 12.1 Å². The Morgan fingerprint density at radius 2 is 1.76 bits per heavy atom. The van der Waals surface area contributed by atoms with Gasteiger partial charge in [-0.3, -0.25) is 9.59 Å². The summed E-state index contributed by atoms with van der Waals surface area (Å²) in [5.74, 6) is -5.21. The topological polar surface area (TPSA) is 49.4 Å². The largest absolute Gasteiger partial charge is 0.340 e. The van der Waals surface area contributed by atoms with Crippen LogP contribution in [-0.2, 0) is 9.59 Å². The smallest absolute Gasteiger partial charge is 0.253 e. The van der Waals surface area contributed by atoms with Gasteiger partial charge in [0.05, 0.1) is 5.69 Å². The minimum Gasteiger partial charge on any atom is -0.340 e. The summed E-state index contributed by atoms with van der Waals surface area (Å²) >= 11 is 0. The van der Waals surface area contributed by atoms with Crippen molar-refractivity contribution in [1.82, 2.24) is 5.32 Å². The molecule has 1 N–H and O–H groups in total. The number of anilines is 1. The maximum atomic E-state index is 13.3. The fourth-order valence-corrected chi connectivity index (χ4v) is 2.72. The highest BCUT2D eigenvalue weighted by molar-refractivity contribution is 6.09. The molecule has 1 aromatic rings. The molecule has 2 amide bonds. The molecule has 1 heterocycles. The minimum atomic E-state index is -1.60. The lowest BCUT2D eigenvalue weighted by molar-refractivity contribution is -0.136. The summed E-state index contributed by atoms with van der Waals surface area (Å²) in [5, 5.41) is 2.65. The van der Waals surface area contributed by atoms with Gasteiger partial charge in [-0.1, -0.05) is 0 Å². The molecule has 1 saturated carbocycles. The van der Waals surface area contributed by atoms with E-state index in [1.807, 2.05) is 0 Å². The van der Waals surface area contributed by atoms with Crippen LogP contribution < -0.4 is 10.2 Å². The third-order valence-electron chi connectivity index (χ3n) is 4.06. The van der Waals surface area contributed by atoms with Gasteiger partial charge in [0.2, 0.25) is 5.91 Å². The third-order valence-corrected chi connectivity index (χ3v) is 4.06. The first-order chi connectivity index (χ1) is 9.83. The van der Waals surface area contributed by atoms with E-state index in [1.54, 1.807) is 6.92 Å². The number of benzene rings is 1. The van der Waals surface area contributed by atoms with Crippen molar-refractivity contribution < 1.29 is 22.8 Å². The monoisotopic (exact) mass is 298 g/mol. The molecule has 0 aromatic heterocycles. The summed E-state index contributed by atoms with van der Waals surface area (Å²) in [6, 6.07) is 1.45. The predicted octanol–water partition coefficient (Wildman–Crippen LogP) is 1.74. The predicted molar refractivity (Wildman–Crippen MR) is 67.9 cm³/mol. The van der Waals surface area contributed by atoms with Crippen LogP contribution in [0.5, 0.6) is 0 Å². The van der Waals surface area contributed by atoms with Crippen molar-refractivity contribution in [1.29, 1.82) is 0 Å². The zero-order chi connectivity index (χ0) is 15.4. The first-order valence-electron chi connectivity index (χ1n) is 6.60. The highest BCUT2D eigenvalue weighted by Gasteiger charge is 2.52. The lowest BCUT2D eigenvalue weighted by Gasteiger charge is -2.40. The Kier molecular flexibility index (Phi) is 2.96. The Morgan fingerprint density at radius 3 is 2.29 bits per heavy atom. The van der Waals surface area contributed by atoms with Crippen LogP contribution >= 0.6 is 0 Å². The van der Waals surface area contributed by atoms with E-state index >= 15 is 0 Å². The van der Waals surface area contributed by atoms with Crippen LogP contribution in [0.25, 0.3) is 0 Å². The zero-order valence-corrected chi connectivity index (χ0v) is 11.3. The van der Waals surface area contributed by atoms with Crippen molar-refractivity contribution in [2.45, 2.75) is 25.3 Å². The van der Waals surface area contributed by atoms with E-state index < -0.39 is 34.8 Å². The van der Waals surface area contributed by atoms with E-state index in [2.05, 4.69) is 5.32 Å². The second kappa shape index (κ2) is 4.47. The lowest BCUT2D eigenvalue weighted by Crippen LogP contribution is -2.66. The van der Waals surface area contributed by atoms with Crippen LogP contribution in [0.4, 0.5) is 18.9 Å². The van der Waals surface area contributed by atoms with Crippen LogP contribution in [0.2, 0.25) is 0 Å². The molecular formula is C14H13F3N2O2. The summed E-state index contributed by atoms with van der Waals surface area (Å²) in [4.78, 5) is 25.4. The molecule has 112 valence electrons. The molecular weight excluding hydrogens is 285 g/mol. The van der Waals surface area contributed by atoms with Gasteiger partial charge in [0.1, 0.15) is 12.1 Å². The molecule has 21 heavy (non-hydrogen) atoms. The normalized spacial score (nSPS) is 26.0. The number of hydrogen-bond donors (Lipinski definition) is 1. The number of rotatable bonds is 2. The third kappa shape index (κ3) is 2.16. The number of nitrogens with one attached hydrogen (secondary N) is 1. The Bertz CT molecular complexity index is 622.